The fourth-order valence-corrected chi connectivity index (χ4v) is 2.99. The van der Waals surface area contributed by atoms with Gasteiger partial charge in [-0.2, -0.15) is 13.2 Å². The van der Waals surface area contributed by atoms with Crippen molar-refractivity contribution < 1.29 is 22.7 Å². The van der Waals surface area contributed by atoms with Gasteiger partial charge in [0, 0.05) is 32.9 Å². The van der Waals surface area contributed by atoms with Crippen LogP contribution in [0.1, 0.15) is 18.4 Å². The van der Waals surface area contributed by atoms with Gasteiger partial charge in [-0.1, -0.05) is 0 Å². The van der Waals surface area contributed by atoms with Crippen molar-refractivity contribution in [3.05, 3.63) is 32.6 Å². The number of carbonyl (C=O) groups is 1. The first-order chi connectivity index (χ1) is 12.6. The number of rotatable bonds is 7. The minimum atomic E-state index is -4.45. The molecule has 0 aromatic carbocycles. The molecule has 1 aromatic heterocycles. The Balaban J connectivity index is 2.12. The third kappa shape index (κ3) is 5.67. The third-order valence-corrected chi connectivity index (χ3v) is 4.38. The van der Waals surface area contributed by atoms with Gasteiger partial charge in [0.15, 0.2) is 0 Å². The molecule has 8 nitrogen and oxygen atoms in total. The van der Waals surface area contributed by atoms with E-state index in [-0.39, 0.29) is 31.2 Å². The number of aryl methyl sites for hydroxylation is 1. The molecule has 1 aromatic rings. The summed E-state index contributed by atoms with van der Waals surface area (Å²) >= 11 is 0. The molecule has 1 amide bonds. The van der Waals surface area contributed by atoms with Gasteiger partial charge in [-0.15, -0.1) is 0 Å². The van der Waals surface area contributed by atoms with E-state index in [4.69, 9.17) is 0 Å². The predicted molar refractivity (Wildman–Crippen MR) is 90.2 cm³/mol. The molecule has 1 aliphatic rings. The van der Waals surface area contributed by atoms with E-state index in [1.54, 1.807) is 0 Å². The van der Waals surface area contributed by atoms with E-state index in [2.05, 4.69) is 10.1 Å². The monoisotopic (exact) mass is 392 g/mol. The van der Waals surface area contributed by atoms with Crippen molar-refractivity contribution in [2.75, 3.05) is 26.3 Å². The van der Waals surface area contributed by atoms with Crippen LogP contribution in [0.5, 0.6) is 0 Å². The molecule has 1 saturated heterocycles. The first-order valence-corrected chi connectivity index (χ1v) is 8.50. The summed E-state index contributed by atoms with van der Waals surface area (Å²) in [6, 6.07) is -0.179. The molecule has 152 valence electrons. The molecule has 0 aliphatic carbocycles. The normalized spacial score (nSPS) is 17.3. The number of aromatic nitrogens is 2. The molecule has 11 heteroatoms. The summed E-state index contributed by atoms with van der Waals surface area (Å²) in [5, 5.41) is 3.11. The van der Waals surface area contributed by atoms with E-state index in [0.717, 1.165) is 4.57 Å². The highest BCUT2D eigenvalue weighted by molar-refractivity contribution is 5.76. The molecule has 2 rings (SSSR count). The molecule has 0 spiro atoms. The van der Waals surface area contributed by atoms with E-state index in [1.165, 1.54) is 29.8 Å². The lowest BCUT2D eigenvalue weighted by molar-refractivity contribution is -0.175. The zero-order valence-corrected chi connectivity index (χ0v) is 15.2. The van der Waals surface area contributed by atoms with Gasteiger partial charge in [0.1, 0.15) is 6.61 Å². The highest BCUT2D eigenvalue weighted by atomic mass is 19.4. The molecule has 27 heavy (non-hydrogen) atoms. The third-order valence-electron chi connectivity index (χ3n) is 4.38. The van der Waals surface area contributed by atoms with Gasteiger partial charge in [0.05, 0.1) is 25.1 Å². The molecule has 2 heterocycles. The summed E-state index contributed by atoms with van der Waals surface area (Å²) in [6.45, 7) is -0.566. The van der Waals surface area contributed by atoms with Crippen molar-refractivity contribution in [3.63, 3.8) is 0 Å². The quantitative estimate of drug-likeness (QED) is 0.647. The second-order valence-corrected chi connectivity index (χ2v) is 6.50. The Morgan fingerprint density at radius 3 is 2.67 bits per heavy atom. The van der Waals surface area contributed by atoms with Crippen molar-refractivity contribution in [2.24, 2.45) is 14.1 Å². The topological polar surface area (TPSA) is 85.6 Å². The number of halogens is 3. The summed E-state index contributed by atoms with van der Waals surface area (Å²) in [6.07, 6.45) is -2.62. The van der Waals surface area contributed by atoms with Crippen LogP contribution in [-0.2, 0) is 30.2 Å². The molecule has 0 saturated carbocycles. The SMILES string of the molecule is Cn1cc(CN(C(=O)CCOCC(F)(F)F)C2CCNC2)c(=O)n(C)c1=O. The standard InChI is InChI=1S/C16H23F3N4O4/c1-21-8-11(14(25)22(2)15(21)26)9-23(12-3-5-20-7-12)13(24)4-6-27-10-16(17,18)19/h8,12,20H,3-7,9-10H2,1-2H3. The Hall–Kier alpha value is -2.14. The summed E-state index contributed by atoms with van der Waals surface area (Å²) < 4.78 is 43.1. The zero-order valence-electron chi connectivity index (χ0n) is 15.2. The van der Waals surface area contributed by atoms with E-state index < -0.39 is 29.9 Å². The number of carbonyl (C=O) groups excluding carboxylic acids is 1. The lowest BCUT2D eigenvalue weighted by Gasteiger charge is -2.28. The predicted octanol–water partition coefficient (Wildman–Crippen LogP) is -0.256. The van der Waals surface area contributed by atoms with E-state index in [0.29, 0.717) is 19.5 Å². The van der Waals surface area contributed by atoms with Gasteiger partial charge in [-0.3, -0.25) is 14.2 Å². The first-order valence-electron chi connectivity index (χ1n) is 8.50. The van der Waals surface area contributed by atoms with Crippen LogP contribution in [0.25, 0.3) is 0 Å². The van der Waals surface area contributed by atoms with Crippen LogP contribution in [0, 0.1) is 0 Å². The minimum Gasteiger partial charge on any atom is -0.372 e. The summed E-state index contributed by atoms with van der Waals surface area (Å²) in [7, 11) is 2.85. The van der Waals surface area contributed by atoms with E-state index in [9.17, 15) is 27.6 Å². The number of nitrogens with zero attached hydrogens (tertiary/aromatic N) is 3. The van der Waals surface area contributed by atoms with Gasteiger partial charge in [-0.25, -0.2) is 4.79 Å². The smallest absolute Gasteiger partial charge is 0.372 e. The molecular weight excluding hydrogens is 369 g/mol. The second kappa shape index (κ2) is 8.70. The lowest BCUT2D eigenvalue weighted by Crippen LogP contribution is -2.45. The largest absolute Gasteiger partial charge is 0.411 e. The van der Waals surface area contributed by atoms with Gasteiger partial charge in [-0.05, 0) is 13.0 Å². The molecule has 1 aliphatic heterocycles. The maximum Gasteiger partial charge on any atom is 0.411 e. The molecule has 0 radical (unpaired) electrons. The highest BCUT2D eigenvalue weighted by Gasteiger charge is 2.29. The Morgan fingerprint density at radius 1 is 1.37 bits per heavy atom. The molecule has 0 bridgehead atoms. The number of nitrogens with one attached hydrogen (secondary N) is 1. The maximum absolute atomic E-state index is 12.6. The number of alkyl halides is 3. The van der Waals surface area contributed by atoms with Crippen LogP contribution in [0.3, 0.4) is 0 Å². The van der Waals surface area contributed by atoms with Crippen molar-refractivity contribution in [3.8, 4) is 0 Å². The Labute approximate surface area is 153 Å². The van der Waals surface area contributed by atoms with Crippen molar-refractivity contribution >= 4 is 5.91 Å². The van der Waals surface area contributed by atoms with Crippen LogP contribution in [0.2, 0.25) is 0 Å². The summed E-state index contributed by atoms with van der Waals surface area (Å²) in [5.41, 5.74) is -0.726. The number of hydrogen-bond acceptors (Lipinski definition) is 5. The number of amides is 1. The van der Waals surface area contributed by atoms with Gasteiger partial charge < -0.3 is 19.5 Å². The average Bonchev–Trinajstić information content (AvgIpc) is 3.12. The van der Waals surface area contributed by atoms with Crippen molar-refractivity contribution in [1.29, 1.82) is 0 Å². The van der Waals surface area contributed by atoms with Gasteiger partial charge >= 0.3 is 11.9 Å². The molecule has 1 atom stereocenters. The molecule has 1 N–H and O–H groups in total. The molecule has 1 fully saturated rings. The van der Waals surface area contributed by atoms with Crippen LogP contribution < -0.4 is 16.6 Å². The summed E-state index contributed by atoms with van der Waals surface area (Å²) in [4.78, 5) is 38.2. The van der Waals surface area contributed by atoms with Crippen LogP contribution in [-0.4, -0.2) is 58.5 Å². The fraction of sp³-hybridized carbons (Fsp3) is 0.688. The van der Waals surface area contributed by atoms with Crippen LogP contribution in [0.15, 0.2) is 15.8 Å². The molecule has 1 unspecified atom stereocenters. The van der Waals surface area contributed by atoms with Crippen LogP contribution in [0.4, 0.5) is 13.2 Å². The Morgan fingerprint density at radius 2 is 2.07 bits per heavy atom. The zero-order chi connectivity index (χ0) is 20.2. The number of ether oxygens (including phenoxy) is 1. The van der Waals surface area contributed by atoms with E-state index in [1.807, 2.05) is 0 Å². The first kappa shape index (κ1) is 21.2. The van der Waals surface area contributed by atoms with Gasteiger partial charge in [0.2, 0.25) is 5.91 Å². The Bertz CT molecular complexity index is 781. The lowest BCUT2D eigenvalue weighted by atomic mass is 10.1. The fourth-order valence-electron chi connectivity index (χ4n) is 2.99. The van der Waals surface area contributed by atoms with Gasteiger partial charge in [0.25, 0.3) is 5.56 Å². The van der Waals surface area contributed by atoms with Crippen molar-refractivity contribution in [2.45, 2.75) is 31.6 Å². The molecular formula is C16H23F3N4O4. The highest BCUT2D eigenvalue weighted by Crippen LogP contribution is 2.16. The minimum absolute atomic E-state index is 0.0226. The number of hydrogen-bond donors (Lipinski definition) is 1. The second-order valence-electron chi connectivity index (χ2n) is 6.50. The van der Waals surface area contributed by atoms with Crippen molar-refractivity contribution in [1.82, 2.24) is 19.4 Å². The maximum atomic E-state index is 12.6. The Kier molecular flexibility index (Phi) is 6.82. The average molecular weight is 392 g/mol. The van der Waals surface area contributed by atoms with Crippen LogP contribution >= 0.6 is 0 Å². The van der Waals surface area contributed by atoms with E-state index >= 15 is 0 Å². The summed E-state index contributed by atoms with van der Waals surface area (Å²) in [5.74, 6) is -0.401.